The van der Waals surface area contributed by atoms with Gasteiger partial charge in [-0.25, -0.2) is 0 Å². The van der Waals surface area contributed by atoms with Gasteiger partial charge >= 0.3 is 6.18 Å². The van der Waals surface area contributed by atoms with Gasteiger partial charge in [0.25, 0.3) is 5.91 Å². The molecule has 0 unspecified atom stereocenters. The Morgan fingerprint density at radius 3 is 2.53 bits per heavy atom. The van der Waals surface area contributed by atoms with E-state index in [0.29, 0.717) is 23.7 Å². The predicted octanol–water partition coefficient (Wildman–Crippen LogP) is 5.74. The Balaban J connectivity index is 1.34. The second-order valence-electron chi connectivity index (χ2n) is 11.7. The van der Waals surface area contributed by atoms with Crippen LogP contribution in [0.5, 0.6) is 0 Å². The van der Waals surface area contributed by atoms with E-state index in [1.807, 2.05) is 29.8 Å². The number of aromatic nitrogens is 3. The molecule has 2 saturated carbocycles. The van der Waals surface area contributed by atoms with E-state index in [9.17, 15) is 18.0 Å². The minimum Gasteiger partial charge on any atom is -0.320 e. The molecule has 200 valence electrons. The summed E-state index contributed by atoms with van der Waals surface area (Å²) < 4.78 is 44.4. The van der Waals surface area contributed by atoms with Crippen molar-refractivity contribution >= 4 is 11.6 Å². The van der Waals surface area contributed by atoms with Gasteiger partial charge in [-0.3, -0.25) is 4.79 Å². The fraction of sp³-hybridized carbons (Fsp3) is 0.483. The first-order valence-corrected chi connectivity index (χ1v) is 13.2. The summed E-state index contributed by atoms with van der Waals surface area (Å²) in [6.07, 6.45) is 2.04. The standard InChI is InChI=1S/C29H32F3N5O/c1-18-13-28(14-18,26-35-34-17-36(26)3)20-6-4-7-21(12-20)37-16-23-22(25(37)38)10-19(11-24(23)29(30,31)32)15-33-27(2)8-5-9-27/h4,6-7,10-12,17-18,33H,5,8-9,13-16H2,1-3H3/t18-,28+. The summed E-state index contributed by atoms with van der Waals surface area (Å²) in [5.74, 6) is 0.978. The molecule has 0 atom stereocenters. The monoisotopic (exact) mass is 523 g/mol. The Bertz CT molecular complexity index is 1400. The summed E-state index contributed by atoms with van der Waals surface area (Å²) in [5, 5.41) is 11.9. The number of benzene rings is 2. The third-order valence-corrected chi connectivity index (χ3v) is 8.83. The number of alkyl halides is 3. The van der Waals surface area contributed by atoms with Crippen molar-refractivity contribution in [1.29, 1.82) is 0 Å². The first kappa shape index (κ1) is 25.1. The molecule has 6 rings (SSSR count). The van der Waals surface area contributed by atoms with E-state index in [0.717, 1.165) is 43.5 Å². The van der Waals surface area contributed by atoms with E-state index in [1.165, 1.54) is 11.0 Å². The molecule has 1 aromatic heterocycles. The van der Waals surface area contributed by atoms with Gasteiger partial charge in [-0.05, 0) is 85.9 Å². The van der Waals surface area contributed by atoms with Crippen LogP contribution >= 0.6 is 0 Å². The number of fused-ring (bicyclic) bond motifs is 1. The van der Waals surface area contributed by atoms with Crippen molar-refractivity contribution in [2.24, 2.45) is 13.0 Å². The molecule has 1 N–H and O–H groups in total. The molecule has 2 aromatic carbocycles. The molecule has 3 aliphatic rings. The number of rotatable bonds is 6. The molecule has 0 radical (unpaired) electrons. The third-order valence-electron chi connectivity index (χ3n) is 8.83. The lowest BCUT2D eigenvalue weighted by Crippen LogP contribution is -2.47. The number of halogens is 3. The van der Waals surface area contributed by atoms with Gasteiger partial charge in [0.1, 0.15) is 12.2 Å². The topological polar surface area (TPSA) is 63.1 Å². The Morgan fingerprint density at radius 1 is 1.16 bits per heavy atom. The van der Waals surface area contributed by atoms with Crippen LogP contribution in [-0.4, -0.2) is 26.2 Å². The maximum atomic E-state index is 14.2. The Kier molecular flexibility index (Phi) is 5.72. The summed E-state index contributed by atoms with van der Waals surface area (Å²) in [5.41, 5.74) is 1.17. The van der Waals surface area contributed by atoms with Gasteiger partial charge in [0.05, 0.1) is 17.5 Å². The van der Waals surface area contributed by atoms with E-state index >= 15 is 0 Å². The van der Waals surface area contributed by atoms with Crippen molar-refractivity contribution in [2.45, 2.75) is 76.2 Å². The van der Waals surface area contributed by atoms with Crippen molar-refractivity contribution in [3.05, 3.63) is 76.4 Å². The Hall–Kier alpha value is -3.20. The zero-order valence-electron chi connectivity index (χ0n) is 21.9. The fourth-order valence-electron chi connectivity index (χ4n) is 6.60. The number of nitrogens with zero attached hydrogens (tertiary/aromatic N) is 4. The minimum absolute atomic E-state index is 0.0480. The molecule has 1 aliphatic heterocycles. The van der Waals surface area contributed by atoms with Gasteiger partial charge in [0, 0.05) is 30.4 Å². The lowest BCUT2D eigenvalue weighted by molar-refractivity contribution is -0.138. The summed E-state index contributed by atoms with van der Waals surface area (Å²) in [7, 11) is 1.92. The van der Waals surface area contributed by atoms with Crippen LogP contribution in [0.3, 0.4) is 0 Å². The van der Waals surface area contributed by atoms with Crippen LogP contribution in [0.4, 0.5) is 18.9 Å². The van der Waals surface area contributed by atoms with Crippen LogP contribution < -0.4 is 10.2 Å². The highest BCUT2D eigenvalue weighted by Gasteiger charge is 2.48. The smallest absolute Gasteiger partial charge is 0.320 e. The minimum atomic E-state index is -4.55. The van der Waals surface area contributed by atoms with E-state index in [-0.39, 0.29) is 28.6 Å². The highest BCUT2D eigenvalue weighted by Crippen LogP contribution is 2.52. The van der Waals surface area contributed by atoms with Crippen molar-refractivity contribution in [3.63, 3.8) is 0 Å². The maximum absolute atomic E-state index is 14.2. The Labute approximate surface area is 220 Å². The van der Waals surface area contributed by atoms with Gasteiger partial charge < -0.3 is 14.8 Å². The molecule has 2 heterocycles. The van der Waals surface area contributed by atoms with Gasteiger partial charge in [0.2, 0.25) is 0 Å². The quantitative estimate of drug-likeness (QED) is 0.448. The number of carbonyl (C=O) groups is 1. The molecule has 0 spiro atoms. The molecule has 0 bridgehead atoms. The fourth-order valence-corrected chi connectivity index (χ4v) is 6.60. The Morgan fingerprint density at radius 2 is 1.92 bits per heavy atom. The van der Waals surface area contributed by atoms with Crippen LogP contribution in [0.15, 0.2) is 42.7 Å². The first-order valence-electron chi connectivity index (χ1n) is 13.2. The number of nitrogens with one attached hydrogen (secondary N) is 1. The van der Waals surface area contributed by atoms with E-state index in [2.05, 4.69) is 29.4 Å². The average Bonchev–Trinajstić information content (AvgIpc) is 3.41. The summed E-state index contributed by atoms with van der Waals surface area (Å²) in [6.45, 7) is 4.47. The van der Waals surface area contributed by atoms with Crippen molar-refractivity contribution < 1.29 is 18.0 Å². The number of carbonyl (C=O) groups excluding carboxylic acids is 1. The van der Waals surface area contributed by atoms with E-state index in [4.69, 9.17) is 0 Å². The highest BCUT2D eigenvalue weighted by atomic mass is 19.4. The molecule has 38 heavy (non-hydrogen) atoms. The van der Waals surface area contributed by atoms with Gasteiger partial charge in [-0.15, -0.1) is 10.2 Å². The third kappa shape index (κ3) is 4.02. The van der Waals surface area contributed by atoms with Gasteiger partial charge in [-0.2, -0.15) is 13.2 Å². The molecule has 2 fully saturated rings. The SMILES string of the molecule is Cn1cnnc1[C@]1(c2cccc(N3Cc4c(cc(CNC5(C)CCC5)cc4C(F)(F)F)C3=O)c2)C[C@H](C)C1. The predicted molar refractivity (Wildman–Crippen MR) is 138 cm³/mol. The molecular formula is C29H32F3N5O. The van der Waals surface area contributed by atoms with Crippen LogP contribution in [0.1, 0.15) is 84.4 Å². The molecule has 1 amide bonds. The molecule has 0 saturated heterocycles. The number of anilines is 1. The van der Waals surface area contributed by atoms with Crippen LogP contribution in [0.25, 0.3) is 0 Å². The van der Waals surface area contributed by atoms with E-state index < -0.39 is 17.6 Å². The van der Waals surface area contributed by atoms with Gasteiger partial charge in [-0.1, -0.05) is 19.1 Å². The lowest BCUT2D eigenvalue weighted by atomic mass is 9.58. The van der Waals surface area contributed by atoms with Crippen molar-refractivity contribution in [3.8, 4) is 0 Å². The summed E-state index contributed by atoms with van der Waals surface area (Å²) >= 11 is 0. The van der Waals surface area contributed by atoms with E-state index in [1.54, 1.807) is 18.5 Å². The lowest BCUT2D eigenvalue weighted by Gasteiger charge is -2.46. The van der Waals surface area contributed by atoms with Crippen molar-refractivity contribution in [1.82, 2.24) is 20.1 Å². The molecule has 6 nitrogen and oxygen atoms in total. The zero-order valence-corrected chi connectivity index (χ0v) is 21.9. The number of amides is 1. The molecule has 3 aromatic rings. The molecule has 2 aliphatic carbocycles. The number of aryl methyl sites for hydroxylation is 1. The van der Waals surface area contributed by atoms with Crippen LogP contribution in [0, 0.1) is 5.92 Å². The van der Waals surface area contributed by atoms with Crippen LogP contribution in [-0.2, 0) is 31.7 Å². The maximum Gasteiger partial charge on any atom is 0.416 e. The number of hydrogen-bond donors (Lipinski definition) is 1. The first-order chi connectivity index (χ1) is 18.0. The van der Waals surface area contributed by atoms with Crippen LogP contribution in [0.2, 0.25) is 0 Å². The largest absolute Gasteiger partial charge is 0.416 e. The average molecular weight is 524 g/mol. The van der Waals surface area contributed by atoms with Crippen molar-refractivity contribution in [2.75, 3.05) is 4.90 Å². The summed E-state index contributed by atoms with van der Waals surface area (Å²) in [6, 6.07) is 10.5. The molecule has 9 heteroatoms. The highest BCUT2D eigenvalue weighted by molar-refractivity contribution is 6.10. The molecular weight excluding hydrogens is 491 g/mol. The summed E-state index contributed by atoms with van der Waals surface area (Å²) in [4.78, 5) is 15.1. The number of hydrogen-bond acceptors (Lipinski definition) is 4. The van der Waals surface area contributed by atoms with Gasteiger partial charge in [0.15, 0.2) is 0 Å². The normalized spacial score (nSPS) is 24.2. The second kappa shape index (κ2) is 8.66. The second-order valence-corrected chi connectivity index (χ2v) is 11.7. The zero-order chi connectivity index (χ0) is 26.9.